The summed E-state index contributed by atoms with van der Waals surface area (Å²) in [5.74, 6) is -0.218. The number of rotatable bonds is 5. The average Bonchev–Trinajstić information content (AvgIpc) is 2.78. The molecule has 2 heterocycles. The number of nitrogens with zero attached hydrogens (tertiary/aromatic N) is 4. The fourth-order valence-electron chi connectivity index (χ4n) is 3.45. The SMILES string of the molecule is Cc1ccnc(N[C@@H](c2ccc(C(F)(F)F)cc2)c2cc([N+](=O)[O-])c3cccnc3c2O)n1. The lowest BCUT2D eigenvalue weighted by Gasteiger charge is -2.22. The number of nitro groups is 1. The van der Waals surface area contributed by atoms with Crippen LogP contribution in [0.3, 0.4) is 0 Å². The molecular weight excluding hydrogens is 439 g/mol. The van der Waals surface area contributed by atoms with Gasteiger partial charge in [0.25, 0.3) is 5.69 Å². The number of nitrogens with one attached hydrogen (secondary N) is 1. The topological polar surface area (TPSA) is 114 Å². The molecule has 2 aromatic heterocycles. The second-order valence-electron chi connectivity index (χ2n) is 7.21. The molecule has 33 heavy (non-hydrogen) atoms. The van der Waals surface area contributed by atoms with Gasteiger partial charge in [-0.1, -0.05) is 12.1 Å². The number of non-ortho nitro benzene ring substituents is 1. The minimum Gasteiger partial charge on any atom is -0.505 e. The fraction of sp³-hybridized carbons (Fsp3) is 0.136. The van der Waals surface area contributed by atoms with Crippen molar-refractivity contribution >= 4 is 22.5 Å². The van der Waals surface area contributed by atoms with E-state index in [-0.39, 0.29) is 33.9 Å². The summed E-state index contributed by atoms with van der Waals surface area (Å²) in [7, 11) is 0. The highest BCUT2D eigenvalue weighted by Crippen LogP contribution is 2.41. The van der Waals surface area contributed by atoms with E-state index in [4.69, 9.17) is 0 Å². The van der Waals surface area contributed by atoms with Gasteiger partial charge in [0.05, 0.1) is 21.9 Å². The zero-order valence-corrected chi connectivity index (χ0v) is 17.0. The van der Waals surface area contributed by atoms with Crippen LogP contribution in [0.2, 0.25) is 0 Å². The van der Waals surface area contributed by atoms with Gasteiger partial charge in [0, 0.05) is 29.7 Å². The number of aromatic hydroxyl groups is 1. The Kier molecular flexibility index (Phi) is 5.54. The molecule has 4 aromatic rings. The molecule has 8 nitrogen and oxygen atoms in total. The number of phenols is 1. The molecule has 0 aliphatic heterocycles. The van der Waals surface area contributed by atoms with Crippen LogP contribution in [0.1, 0.15) is 28.4 Å². The third-order valence-electron chi connectivity index (χ3n) is 5.02. The summed E-state index contributed by atoms with van der Waals surface area (Å²) in [6, 6.07) is 9.01. The monoisotopic (exact) mass is 455 g/mol. The third-order valence-corrected chi connectivity index (χ3v) is 5.02. The predicted octanol–water partition coefficient (Wildman–Crippen LogP) is 5.17. The standard InChI is InChI=1S/C22H16F3N5O3/c1-12-8-10-27-21(28-12)29-18(13-4-6-14(7-5-13)22(23,24)25)16-11-17(30(32)33)15-3-2-9-26-19(15)20(16)31/h2-11,18,31H,1H3,(H,27,28,29)/t18-/m0/s1. The molecule has 0 radical (unpaired) electrons. The van der Waals surface area contributed by atoms with Crippen molar-refractivity contribution in [2.45, 2.75) is 19.1 Å². The number of benzene rings is 2. The van der Waals surface area contributed by atoms with Gasteiger partial charge in [-0.05, 0) is 42.8 Å². The summed E-state index contributed by atoms with van der Waals surface area (Å²) in [6.45, 7) is 1.72. The molecule has 0 fully saturated rings. The zero-order chi connectivity index (χ0) is 23.8. The molecule has 0 bridgehead atoms. The number of aromatic nitrogens is 3. The molecule has 0 aliphatic carbocycles. The van der Waals surface area contributed by atoms with E-state index >= 15 is 0 Å². The lowest BCUT2D eigenvalue weighted by atomic mass is 9.94. The highest BCUT2D eigenvalue weighted by Gasteiger charge is 2.31. The molecule has 1 atom stereocenters. The Bertz CT molecular complexity index is 1340. The van der Waals surface area contributed by atoms with Crippen LogP contribution in [0.5, 0.6) is 5.75 Å². The second-order valence-corrected chi connectivity index (χ2v) is 7.21. The number of phenolic OH excluding ortho intramolecular Hbond substituents is 1. The van der Waals surface area contributed by atoms with Crippen LogP contribution in [0.4, 0.5) is 24.8 Å². The van der Waals surface area contributed by atoms with Gasteiger partial charge < -0.3 is 10.4 Å². The lowest BCUT2D eigenvalue weighted by molar-refractivity contribution is -0.383. The third kappa shape index (κ3) is 4.38. The molecule has 0 spiro atoms. The Balaban J connectivity index is 1.92. The molecule has 4 rings (SSSR count). The Hall–Kier alpha value is -4.28. The first-order valence-electron chi connectivity index (χ1n) is 9.63. The summed E-state index contributed by atoms with van der Waals surface area (Å²) >= 11 is 0. The summed E-state index contributed by atoms with van der Waals surface area (Å²) < 4.78 is 39.2. The van der Waals surface area contributed by atoms with Crippen molar-refractivity contribution in [2.24, 2.45) is 0 Å². The number of hydrogen-bond acceptors (Lipinski definition) is 7. The van der Waals surface area contributed by atoms with E-state index < -0.39 is 22.7 Å². The second kappa shape index (κ2) is 8.34. The smallest absolute Gasteiger partial charge is 0.416 e. The number of hydrogen-bond donors (Lipinski definition) is 2. The maximum atomic E-state index is 13.1. The first-order valence-corrected chi connectivity index (χ1v) is 9.63. The molecule has 0 saturated heterocycles. The van der Waals surface area contributed by atoms with Crippen LogP contribution in [-0.2, 0) is 6.18 Å². The molecule has 2 N–H and O–H groups in total. The molecule has 0 saturated carbocycles. The van der Waals surface area contributed by atoms with Crippen molar-refractivity contribution in [1.82, 2.24) is 15.0 Å². The molecule has 0 unspecified atom stereocenters. The normalized spacial score (nSPS) is 12.5. The van der Waals surface area contributed by atoms with E-state index in [2.05, 4.69) is 20.3 Å². The predicted molar refractivity (Wildman–Crippen MR) is 114 cm³/mol. The number of pyridine rings is 1. The van der Waals surface area contributed by atoms with E-state index in [0.717, 1.165) is 12.1 Å². The number of alkyl halides is 3. The number of nitro benzene ring substituents is 1. The highest BCUT2D eigenvalue weighted by molar-refractivity contribution is 5.93. The first kappa shape index (κ1) is 21.9. The summed E-state index contributed by atoms with van der Waals surface area (Å²) in [5.41, 5.74) is -0.215. The van der Waals surface area contributed by atoms with Gasteiger partial charge in [0.1, 0.15) is 11.3 Å². The van der Waals surface area contributed by atoms with Crippen LogP contribution in [0.15, 0.2) is 60.9 Å². The molecular formula is C22H16F3N5O3. The Morgan fingerprint density at radius 2 is 1.82 bits per heavy atom. The average molecular weight is 455 g/mol. The summed E-state index contributed by atoms with van der Waals surface area (Å²) in [6.07, 6.45) is -1.67. The van der Waals surface area contributed by atoms with Gasteiger partial charge in [-0.15, -0.1) is 0 Å². The van der Waals surface area contributed by atoms with Crippen LogP contribution in [0, 0.1) is 17.0 Å². The van der Waals surface area contributed by atoms with Gasteiger partial charge in [0.15, 0.2) is 0 Å². The van der Waals surface area contributed by atoms with Gasteiger partial charge in [-0.3, -0.25) is 15.1 Å². The highest BCUT2D eigenvalue weighted by atomic mass is 19.4. The van der Waals surface area contributed by atoms with E-state index in [1.54, 1.807) is 13.0 Å². The van der Waals surface area contributed by atoms with Gasteiger partial charge in [0.2, 0.25) is 5.95 Å². The first-order chi connectivity index (χ1) is 15.6. The van der Waals surface area contributed by atoms with Gasteiger partial charge in [-0.2, -0.15) is 13.2 Å². The quantitative estimate of drug-likeness (QED) is 0.315. The van der Waals surface area contributed by atoms with Crippen molar-refractivity contribution in [2.75, 3.05) is 5.32 Å². The molecule has 2 aromatic carbocycles. The van der Waals surface area contributed by atoms with E-state index in [1.807, 2.05) is 0 Å². The number of anilines is 1. The van der Waals surface area contributed by atoms with Gasteiger partial charge in [-0.25, -0.2) is 9.97 Å². The van der Waals surface area contributed by atoms with Crippen LogP contribution < -0.4 is 5.32 Å². The number of fused-ring (bicyclic) bond motifs is 1. The van der Waals surface area contributed by atoms with Crippen LogP contribution >= 0.6 is 0 Å². The van der Waals surface area contributed by atoms with E-state index in [9.17, 15) is 28.4 Å². The van der Waals surface area contributed by atoms with E-state index in [0.29, 0.717) is 11.3 Å². The van der Waals surface area contributed by atoms with Gasteiger partial charge >= 0.3 is 6.18 Å². The van der Waals surface area contributed by atoms with Crippen molar-refractivity contribution in [3.05, 3.63) is 93.4 Å². The van der Waals surface area contributed by atoms with E-state index in [1.165, 1.54) is 42.7 Å². The molecule has 0 aliphatic rings. The largest absolute Gasteiger partial charge is 0.505 e. The van der Waals surface area contributed by atoms with Crippen molar-refractivity contribution < 1.29 is 23.2 Å². The number of aryl methyl sites for hydroxylation is 1. The van der Waals surface area contributed by atoms with Crippen molar-refractivity contribution in [3.8, 4) is 5.75 Å². The van der Waals surface area contributed by atoms with Crippen LogP contribution in [-0.4, -0.2) is 25.0 Å². The fourth-order valence-corrected chi connectivity index (χ4v) is 3.45. The molecule has 168 valence electrons. The number of halogens is 3. The molecule has 11 heteroatoms. The summed E-state index contributed by atoms with van der Waals surface area (Å²) in [5, 5.41) is 25.8. The minimum absolute atomic E-state index is 0.00873. The van der Waals surface area contributed by atoms with Crippen molar-refractivity contribution in [3.63, 3.8) is 0 Å². The van der Waals surface area contributed by atoms with Crippen LogP contribution in [0.25, 0.3) is 10.9 Å². The van der Waals surface area contributed by atoms with Crippen molar-refractivity contribution in [1.29, 1.82) is 0 Å². The lowest BCUT2D eigenvalue weighted by Crippen LogP contribution is -2.16. The summed E-state index contributed by atoms with van der Waals surface area (Å²) in [4.78, 5) is 23.5. The maximum Gasteiger partial charge on any atom is 0.416 e. The molecule has 0 amide bonds. The Labute approximate surface area is 184 Å². The Morgan fingerprint density at radius 1 is 1.09 bits per heavy atom. The zero-order valence-electron chi connectivity index (χ0n) is 17.0. The minimum atomic E-state index is -4.53. The Morgan fingerprint density at radius 3 is 2.45 bits per heavy atom. The maximum absolute atomic E-state index is 13.1.